The lowest BCUT2D eigenvalue weighted by atomic mass is 10.1. The zero-order valence-electron chi connectivity index (χ0n) is 10.1. The summed E-state index contributed by atoms with van der Waals surface area (Å²) < 4.78 is 1.78. The maximum Gasteiger partial charge on any atom is 0.269 e. The maximum absolute atomic E-state index is 10.5. The number of nitro benzene ring substituents is 1. The van der Waals surface area contributed by atoms with Gasteiger partial charge in [0.05, 0.1) is 10.6 Å². The predicted octanol–water partition coefficient (Wildman–Crippen LogP) is 1.99. The molecule has 94 valence electrons. The zero-order chi connectivity index (χ0) is 13.0. The molecule has 2 rings (SSSR count). The van der Waals surface area contributed by atoms with Crippen molar-refractivity contribution < 1.29 is 4.92 Å². The molecule has 0 aliphatic heterocycles. The van der Waals surface area contributed by atoms with Gasteiger partial charge in [-0.25, -0.2) is 0 Å². The average Bonchev–Trinajstić information content (AvgIpc) is 2.85. The van der Waals surface area contributed by atoms with Gasteiger partial charge < -0.3 is 0 Å². The van der Waals surface area contributed by atoms with Crippen molar-refractivity contribution in [2.24, 2.45) is 0 Å². The minimum atomic E-state index is -0.392. The molecule has 6 nitrogen and oxygen atoms in total. The van der Waals surface area contributed by atoms with E-state index in [1.807, 2.05) is 13.1 Å². The third-order valence-corrected chi connectivity index (χ3v) is 2.73. The van der Waals surface area contributed by atoms with Gasteiger partial charge in [0.25, 0.3) is 5.69 Å². The van der Waals surface area contributed by atoms with E-state index >= 15 is 0 Å². The first-order chi connectivity index (χ1) is 8.69. The quantitative estimate of drug-likeness (QED) is 0.597. The minimum absolute atomic E-state index is 0.121. The highest BCUT2D eigenvalue weighted by Crippen LogP contribution is 2.13. The van der Waals surface area contributed by atoms with Crippen LogP contribution in [0.3, 0.4) is 0 Å². The molecule has 0 saturated heterocycles. The Balaban J connectivity index is 1.95. The van der Waals surface area contributed by atoms with E-state index < -0.39 is 4.92 Å². The Hall–Kier alpha value is -2.24. The van der Waals surface area contributed by atoms with Crippen LogP contribution in [0.5, 0.6) is 0 Å². The van der Waals surface area contributed by atoms with Crippen molar-refractivity contribution >= 4 is 5.69 Å². The van der Waals surface area contributed by atoms with Gasteiger partial charge in [-0.15, -0.1) is 5.10 Å². The lowest BCUT2D eigenvalue weighted by Crippen LogP contribution is -1.93. The van der Waals surface area contributed by atoms with Crippen molar-refractivity contribution in [3.8, 4) is 0 Å². The molecule has 1 heterocycles. The summed E-state index contributed by atoms with van der Waals surface area (Å²) in [5, 5.41) is 18.5. The van der Waals surface area contributed by atoms with Gasteiger partial charge in [0.2, 0.25) is 0 Å². The molecule has 2 aromatic rings. The fraction of sp³-hybridized carbons (Fsp3) is 0.333. The standard InChI is InChI=1S/C12H14N4O2/c1-2-15-9-11(13-14-15)6-3-10-4-7-12(8-5-10)16(17)18/h4-5,7-9H,2-3,6H2,1H3. The molecular formula is C12H14N4O2. The highest BCUT2D eigenvalue weighted by atomic mass is 16.6. The zero-order valence-corrected chi connectivity index (χ0v) is 10.1. The summed E-state index contributed by atoms with van der Waals surface area (Å²) in [6, 6.07) is 6.61. The van der Waals surface area contributed by atoms with Crippen molar-refractivity contribution in [3.63, 3.8) is 0 Å². The van der Waals surface area contributed by atoms with Crippen LogP contribution in [0.25, 0.3) is 0 Å². The topological polar surface area (TPSA) is 73.8 Å². The highest BCUT2D eigenvalue weighted by molar-refractivity contribution is 5.33. The van der Waals surface area contributed by atoms with Crippen LogP contribution in [-0.4, -0.2) is 19.9 Å². The van der Waals surface area contributed by atoms with Gasteiger partial charge in [-0.3, -0.25) is 14.8 Å². The number of hydrogen-bond donors (Lipinski definition) is 0. The third kappa shape index (κ3) is 2.91. The molecule has 18 heavy (non-hydrogen) atoms. The summed E-state index contributed by atoms with van der Waals surface area (Å²) in [6.45, 7) is 2.82. The van der Waals surface area contributed by atoms with E-state index in [2.05, 4.69) is 10.3 Å². The van der Waals surface area contributed by atoms with Gasteiger partial charge in [-0.1, -0.05) is 17.3 Å². The summed E-state index contributed by atoms with van der Waals surface area (Å²) in [4.78, 5) is 10.1. The lowest BCUT2D eigenvalue weighted by Gasteiger charge is -1.98. The number of benzene rings is 1. The molecule has 0 aliphatic carbocycles. The summed E-state index contributed by atoms with van der Waals surface area (Å²) in [7, 11) is 0. The van der Waals surface area contributed by atoms with Crippen molar-refractivity contribution in [2.75, 3.05) is 0 Å². The molecule has 0 aliphatic rings. The van der Waals surface area contributed by atoms with Gasteiger partial charge in [0.1, 0.15) is 0 Å². The van der Waals surface area contributed by atoms with E-state index in [9.17, 15) is 10.1 Å². The Morgan fingerprint density at radius 1 is 1.28 bits per heavy atom. The Morgan fingerprint density at radius 3 is 2.56 bits per heavy atom. The first kappa shape index (κ1) is 12.2. The van der Waals surface area contributed by atoms with Crippen molar-refractivity contribution in [1.82, 2.24) is 15.0 Å². The Morgan fingerprint density at radius 2 is 2.00 bits per heavy atom. The van der Waals surface area contributed by atoms with E-state index in [0.717, 1.165) is 30.6 Å². The summed E-state index contributed by atoms with van der Waals surface area (Å²) >= 11 is 0. The molecule has 0 radical (unpaired) electrons. The van der Waals surface area contributed by atoms with Gasteiger partial charge in [-0.05, 0) is 25.3 Å². The summed E-state index contributed by atoms with van der Waals surface area (Å²) in [6.07, 6.45) is 3.52. The van der Waals surface area contributed by atoms with Crippen molar-refractivity contribution in [3.05, 3.63) is 51.8 Å². The van der Waals surface area contributed by atoms with E-state index in [-0.39, 0.29) is 5.69 Å². The number of aromatic nitrogens is 3. The molecule has 0 bridgehead atoms. The van der Waals surface area contributed by atoms with Crippen LogP contribution in [0.4, 0.5) is 5.69 Å². The molecule has 0 N–H and O–H groups in total. The molecule has 6 heteroatoms. The molecule has 1 aromatic heterocycles. The number of nitro groups is 1. The fourth-order valence-corrected chi connectivity index (χ4v) is 1.66. The second-order valence-electron chi connectivity index (χ2n) is 3.99. The largest absolute Gasteiger partial charge is 0.269 e. The third-order valence-electron chi connectivity index (χ3n) is 2.73. The van der Waals surface area contributed by atoms with Crippen molar-refractivity contribution in [1.29, 1.82) is 0 Å². The smallest absolute Gasteiger partial charge is 0.258 e. The Bertz CT molecular complexity index is 533. The molecule has 0 saturated carbocycles. The van der Waals surface area contributed by atoms with Crippen LogP contribution < -0.4 is 0 Å². The monoisotopic (exact) mass is 246 g/mol. The number of non-ortho nitro benzene ring substituents is 1. The predicted molar refractivity (Wildman–Crippen MR) is 66.2 cm³/mol. The Labute approximate surface area is 104 Å². The van der Waals surface area contributed by atoms with Crippen LogP contribution >= 0.6 is 0 Å². The molecule has 1 aromatic carbocycles. The van der Waals surface area contributed by atoms with Crippen LogP contribution in [-0.2, 0) is 19.4 Å². The van der Waals surface area contributed by atoms with Crippen LogP contribution in [0, 0.1) is 10.1 Å². The SMILES string of the molecule is CCn1cc(CCc2ccc([N+](=O)[O-])cc2)nn1. The molecular weight excluding hydrogens is 232 g/mol. The molecule has 0 fully saturated rings. The van der Waals surface area contributed by atoms with Gasteiger partial charge in [-0.2, -0.15) is 0 Å². The number of hydrogen-bond acceptors (Lipinski definition) is 4. The van der Waals surface area contributed by atoms with E-state index in [0.29, 0.717) is 0 Å². The Kier molecular flexibility index (Phi) is 3.66. The number of rotatable bonds is 5. The van der Waals surface area contributed by atoms with Crippen molar-refractivity contribution in [2.45, 2.75) is 26.3 Å². The molecule has 0 atom stereocenters. The van der Waals surface area contributed by atoms with Crippen LogP contribution in [0.2, 0.25) is 0 Å². The second kappa shape index (κ2) is 5.39. The van der Waals surface area contributed by atoms with E-state index in [1.54, 1.807) is 16.8 Å². The first-order valence-electron chi connectivity index (χ1n) is 5.81. The lowest BCUT2D eigenvalue weighted by molar-refractivity contribution is -0.384. The summed E-state index contributed by atoms with van der Waals surface area (Å²) in [5.74, 6) is 0. The second-order valence-corrected chi connectivity index (χ2v) is 3.99. The number of aryl methyl sites for hydroxylation is 3. The van der Waals surface area contributed by atoms with E-state index in [1.165, 1.54) is 12.1 Å². The maximum atomic E-state index is 10.5. The minimum Gasteiger partial charge on any atom is -0.258 e. The fourth-order valence-electron chi connectivity index (χ4n) is 1.66. The first-order valence-corrected chi connectivity index (χ1v) is 5.81. The number of nitrogens with zero attached hydrogens (tertiary/aromatic N) is 4. The highest BCUT2D eigenvalue weighted by Gasteiger charge is 2.05. The summed E-state index contributed by atoms with van der Waals surface area (Å²) in [5.41, 5.74) is 2.12. The van der Waals surface area contributed by atoms with E-state index in [4.69, 9.17) is 0 Å². The molecule has 0 amide bonds. The molecule has 0 unspecified atom stereocenters. The van der Waals surface area contributed by atoms with Gasteiger partial charge in [0.15, 0.2) is 0 Å². The average molecular weight is 246 g/mol. The normalized spacial score (nSPS) is 10.5. The molecule has 0 spiro atoms. The van der Waals surface area contributed by atoms with Crippen LogP contribution in [0.15, 0.2) is 30.5 Å². The van der Waals surface area contributed by atoms with Crippen LogP contribution in [0.1, 0.15) is 18.2 Å². The van der Waals surface area contributed by atoms with Gasteiger partial charge >= 0.3 is 0 Å². The van der Waals surface area contributed by atoms with Gasteiger partial charge in [0, 0.05) is 24.9 Å².